The lowest BCUT2D eigenvalue weighted by atomic mass is 10.2. The highest BCUT2D eigenvalue weighted by Gasteiger charge is 2.06. The largest absolute Gasteiger partial charge is 0.355 e. The van der Waals surface area contributed by atoms with Crippen molar-refractivity contribution in [1.29, 1.82) is 0 Å². The molecule has 0 heterocycles. The Bertz CT molecular complexity index is 819. The Balaban J connectivity index is 1.92. The molecule has 0 atom stereocenters. The van der Waals surface area contributed by atoms with Gasteiger partial charge < -0.3 is 10.6 Å². The zero-order valence-electron chi connectivity index (χ0n) is 13.4. The SMILES string of the molecule is CNC(=O)c1cccc(NC(=S)NC(=O)/C=C/c2ccc(Cl)cc2)c1. The molecule has 25 heavy (non-hydrogen) atoms. The molecule has 128 valence electrons. The van der Waals surface area contributed by atoms with Gasteiger partial charge in [0.05, 0.1) is 0 Å². The Morgan fingerprint density at radius 1 is 1.12 bits per heavy atom. The molecule has 0 aliphatic rings. The lowest BCUT2D eigenvalue weighted by Gasteiger charge is -2.09. The maximum atomic E-state index is 11.9. The number of benzene rings is 2. The van der Waals surface area contributed by atoms with E-state index in [1.165, 1.54) is 6.08 Å². The van der Waals surface area contributed by atoms with Crippen molar-refractivity contribution in [3.63, 3.8) is 0 Å². The first-order chi connectivity index (χ1) is 12.0. The van der Waals surface area contributed by atoms with Crippen LogP contribution in [0.2, 0.25) is 5.02 Å². The minimum Gasteiger partial charge on any atom is -0.355 e. The number of hydrogen-bond acceptors (Lipinski definition) is 3. The van der Waals surface area contributed by atoms with Crippen LogP contribution < -0.4 is 16.0 Å². The molecule has 2 rings (SSSR count). The van der Waals surface area contributed by atoms with Crippen molar-refractivity contribution >= 4 is 52.5 Å². The van der Waals surface area contributed by atoms with Crippen LogP contribution in [0, 0.1) is 0 Å². The zero-order chi connectivity index (χ0) is 18.2. The second-order valence-corrected chi connectivity index (χ2v) is 5.83. The molecule has 0 radical (unpaired) electrons. The molecule has 0 saturated heterocycles. The average molecular weight is 374 g/mol. The number of anilines is 1. The van der Waals surface area contributed by atoms with Crippen molar-refractivity contribution in [2.24, 2.45) is 0 Å². The lowest BCUT2D eigenvalue weighted by Crippen LogP contribution is -2.32. The third-order valence-electron chi connectivity index (χ3n) is 3.14. The highest BCUT2D eigenvalue weighted by molar-refractivity contribution is 7.80. The van der Waals surface area contributed by atoms with Crippen molar-refractivity contribution in [1.82, 2.24) is 10.6 Å². The quantitative estimate of drug-likeness (QED) is 0.568. The molecule has 0 aliphatic heterocycles. The van der Waals surface area contributed by atoms with Crippen molar-refractivity contribution in [2.45, 2.75) is 0 Å². The Hall–Kier alpha value is -2.70. The summed E-state index contributed by atoms with van der Waals surface area (Å²) < 4.78 is 0. The minimum absolute atomic E-state index is 0.139. The van der Waals surface area contributed by atoms with E-state index >= 15 is 0 Å². The summed E-state index contributed by atoms with van der Waals surface area (Å²) in [5, 5.41) is 8.72. The van der Waals surface area contributed by atoms with Gasteiger partial charge >= 0.3 is 0 Å². The van der Waals surface area contributed by atoms with E-state index in [4.69, 9.17) is 23.8 Å². The smallest absolute Gasteiger partial charge is 0.251 e. The van der Waals surface area contributed by atoms with Crippen molar-refractivity contribution in [3.05, 3.63) is 70.8 Å². The van der Waals surface area contributed by atoms with E-state index in [-0.39, 0.29) is 16.9 Å². The normalized spacial score (nSPS) is 10.3. The van der Waals surface area contributed by atoms with Crippen LogP contribution >= 0.6 is 23.8 Å². The molecule has 0 aliphatic carbocycles. The van der Waals surface area contributed by atoms with Crippen LogP contribution in [-0.2, 0) is 4.79 Å². The summed E-state index contributed by atoms with van der Waals surface area (Å²) in [7, 11) is 1.56. The number of amides is 2. The van der Waals surface area contributed by atoms with Crippen LogP contribution in [-0.4, -0.2) is 24.0 Å². The van der Waals surface area contributed by atoms with Gasteiger partial charge in [0, 0.05) is 29.4 Å². The van der Waals surface area contributed by atoms with Gasteiger partial charge in [-0.15, -0.1) is 0 Å². The van der Waals surface area contributed by atoms with Gasteiger partial charge in [0.15, 0.2) is 5.11 Å². The highest BCUT2D eigenvalue weighted by atomic mass is 35.5. The lowest BCUT2D eigenvalue weighted by molar-refractivity contribution is -0.115. The Kier molecular flexibility index (Phi) is 6.68. The first-order valence-corrected chi connectivity index (χ1v) is 8.14. The first-order valence-electron chi connectivity index (χ1n) is 7.35. The van der Waals surface area contributed by atoms with Gasteiger partial charge in [-0.1, -0.05) is 29.8 Å². The van der Waals surface area contributed by atoms with Gasteiger partial charge in [0.1, 0.15) is 0 Å². The predicted molar refractivity (Wildman–Crippen MR) is 105 cm³/mol. The zero-order valence-corrected chi connectivity index (χ0v) is 14.9. The van der Waals surface area contributed by atoms with E-state index in [1.807, 2.05) is 0 Å². The topological polar surface area (TPSA) is 70.2 Å². The van der Waals surface area contributed by atoms with Gasteiger partial charge in [-0.2, -0.15) is 0 Å². The summed E-state index contributed by atoms with van der Waals surface area (Å²) in [6.45, 7) is 0. The maximum Gasteiger partial charge on any atom is 0.251 e. The standard InChI is InChI=1S/C18H16ClN3O2S/c1-20-17(24)13-3-2-4-15(11-13)21-18(25)22-16(23)10-7-12-5-8-14(19)9-6-12/h2-11H,1H3,(H,20,24)(H2,21,22,23,25)/b10-7+. The average Bonchev–Trinajstić information content (AvgIpc) is 2.60. The van der Waals surface area contributed by atoms with Gasteiger partial charge in [-0.25, -0.2) is 0 Å². The molecule has 7 heteroatoms. The van der Waals surface area contributed by atoms with Gasteiger partial charge in [0.25, 0.3) is 5.91 Å². The summed E-state index contributed by atoms with van der Waals surface area (Å²) in [6, 6.07) is 13.9. The summed E-state index contributed by atoms with van der Waals surface area (Å²) >= 11 is 10.9. The summed E-state index contributed by atoms with van der Waals surface area (Å²) in [6.07, 6.45) is 3.03. The van der Waals surface area contributed by atoms with Crippen LogP contribution in [0.1, 0.15) is 15.9 Å². The number of carbonyl (C=O) groups is 2. The fourth-order valence-electron chi connectivity index (χ4n) is 1.94. The molecule has 0 spiro atoms. The van der Waals surface area contributed by atoms with E-state index < -0.39 is 0 Å². The molecule has 2 amide bonds. The number of thiocarbonyl (C=S) groups is 1. The number of nitrogens with one attached hydrogen (secondary N) is 3. The van der Waals surface area contributed by atoms with Gasteiger partial charge in [-0.3, -0.25) is 14.9 Å². The van der Waals surface area contributed by atoms with Crippen LogP contribution in [0.3, 0.4) is 0 Å². The molecule has 2 aromatic carbocycles. The number of hydrogen-bond donors (Lipinski definition) is 3. The Morgan fingerprint density at radius 2 is 1.84 bits per heavy atom. The highest BCUT2D eigenvalue weighted by Crippen LogP contribution is 2.11. The molecular weight excluding hydrogens is 358 g/mol. The van der Waals surface area contributed by atoms with Crippen LogP contribution in [0.25, 0.3) is 6.08 Å². The summed E-state index contributed by atoms with van der Waals surface area (Å²) in [5.41, 5.74) is 1.94. The van der Waals surface area contributed by atoms with E-state index in [9.17, 15) is 9.59 Å². The molecule has 0 saturated carbocycles. The molecular formula is C18H16ClN3O2S. The molecule has 0 aromatic heterocycles. The predicted octanol–water partition coefficient (Wildman–Crippen LogP) is 3.23. The van der Waals surface area contributed by atoms with Crippen molar-refractivity contribution in [2.75, 3.05) is 12.4 Å². The van der Waals surface area contributed by atoms with E-state index in [2.05, 4.69) is 16.0 Å². The Morgan fingerprint density at radius 3 is 2.52 bits per heavy atom. The fourth-order valence-corrected chi connectivity index (χ4v) is 2.29. The molecule has 0 fully saturated rings. The second kappa shape index (κ2) is 8.96. The summed E-state index contributed by atoms with van der Waals surface area (Å²) in [5.74, 6) is -0.570. The van der Waals surface area contributed by atoms with Gasteiger partial charge in [-0.05, 0) is 54.2 Å². The Labute approximate surface area is 156 Å². The van der Waals surface area contributed by atoms with Gasteiger partial charge in [0.2, 0.25) is 5.91 Å². The molecule has 2 aromatic rings. The van der Waals surface area contributed by atoms with E-state index in [0.717, 1.165) is 5.56 Å². The van der Waals surface area contributed by atoms with E-state index in [0.29, 0.717) is 16.3 Å². The molecule has 3 N–H and O–H groups in total. The molecule has 0 bridgehead atoms. The van der Waals surface area contributed by atoms with Crippen molar-refractivity contribution in [3.8, 4) is 0 Å². The first kappa shape index (κ1) is 18.6. The molecule has 5 nitrogen and oxygen atoms in total. The van der Waals surface area contributed by atoms with Crippen LogP contribution in [0.15, 0.2) is 54.6 Å². The number of halogens is 1. The maximum absolute atomic E-state index is 11.9. The second-order valence-electron chi connectivity index (χ2n) is 4.99. The number of rotatable bonds is 4. The number of carbonyl (C=O) groups excluding carboxylic acids is 2. The third-order valence-corrected chi connectivity index (χ3v) is 3.60. The van der Waals surface area contributed by atoms with Crippen molar-refractivity contribution < 1.29 is 9.59 Å². The fraction of sp³-hybridized carbons (Fsp3) is 0.0556. The monoisotopic (exact) mass is 373 g/mol. The minimum atomic E-state index is -0.366. The van der Waals surface area contributed by atoms with Crippen LogP contribution in [0.4, 0.5) is 5.69 Å². The molecule has 0 unspecified atom stereocenters. The summed E-state index contributed by atoms with van der Waals surface area (Å²) in [4.78, 5) is 23.5. The van der Waals surface area contributed by atoms with Crippen LogP contribution in [0.5, 0.6) is 0 Å². The van der Waals surface area contributed by atoms with E-state index in [1.54, 1.807) is 61.7 Å². The third kappa shape index (κ3) is 6.02.